The van der Waals surface area contributed by atoms with E-state index in [9.17, 15) is 8.78 Å². The summed E-state index contributed by atoms with van der Waals surface area (Å²) in [5.74, 6) is -1.13. The van der Waals surface area contributed by atoms with Crippen molar-refractivity contribution >= 4 is 29.8 Å². The molecule has 0 aromatic heterocycles. The lowest BCUT2D eigenvalue weighted by molar-refractivity contribution is 0.439. The third kappa shape index (κ3) is 6.25. The fraction of sp³-hybridized carbons (Fsp3) is 0.458. The van der Waals surface area contributed by atoms with Crippen molar-refractivity contribution in [3.05, 3.63) is 70.3 Å². The van der Waals surface area contributed by atoms with Crippen LogP contribution in [-0.4, -0.2) is 22.8 Å². The minimum Gasteiger partial charge on any atom is -0.376 e. The summed E-state index contributed by atoms with van der Waals surface area (Å²) < 4.78 is 27.2. The minimum atomic E-state index is -0.567. The van der Waals surface area contributed by atoms with Crippen LogP contribution in [0.2, 0.25) is 0 Å². The van der Waals surface area contributed by atoms with Crippen LogP contribution in [0.5, 0.6) is 0 Å². The summed E-state index contributed by atoms with van der Waals surface area (Å²) >= 11 is 10.1. The van der Waals surface area contributed by atoms with Gasteiger partial charge in [-0.2, -0.15) is 12.6 Å². The molecular weight excluding hydrogens is 418 g/mol. The Morgan fingerprint density at radius 3 is 2.57 bits per heavy atom. The zero-order chi connectivity index (χ0) is 21.7. The second kappa shape index (κ2) is 10.7. The van der Waals surface area contributed by atoms with E-state index in [-0.39, 0.29) is 11.3 Å². The summed E-state index contributed by atoms with van der Waals surface area (Å²) in [7, 11) is 0. The first-order chi connectivity index (χ1) is 14.4. The van der Waals surface area contributed by atoms with Crippen LogP contribution < -0.4 is 10.6 Å². The van der Waals surface area contributed by atoms with E-state index in [0.717, 1.165) is 31.7 Å². The van der Waals surface area contributed by atoms with Crippen molar-refractivity contribution in [2.75, 3.05) is 6.54 Å². The van der Waals surface area contributed by atoms with Crippen molar-refractivity contribution in [2.24, 2.45) is 0 Å². The van der Waals surface area contributed by atoms with Gasteiger partial charge in [0.05, 0.1) is 4.99 Å². The Morgan fingerprint density at radius 2 is 1.90 bits per heavy atom. The van der Waals surface area contributed by atoms with E-state index in [2.05, 4.69) is 35.8 Å². The molecule has 30 heavy (non-hydrogen) atoms. The first-order valence-electron chi connectivity index (χ1n) is 10.6. The van der Waals surface area contributed by atoms with Crippen molar-refractivity contribution in [3.8, 4) is 0 Å². The van der Waals surface area contributed by atoms with Crippen LogP contribution in [0.1, 0.15) is 55.0 Å². The number of nitrogens with one attached hydrogen (secondary N) is 2. The highest BCUT2D eigenvalue weighted by atomic mass is 32.1. The van der Waals surface area contributed by atoms with Crippen LogP contribution in [0, 0.1) is 11.6 Å². The molecule has 0 fully saturated rings. The summed E-state index contributed by atoms with van der Waals surface area (Å²) in [4.78, 5) is 0.645. The number of aryl methyl sites for hydroxylation is 2. The molecule has 2 N–H and O–H groups in total. The molecule has 0 saturated carbocycles. The summed E-state index contributed by atoms with van der Waals surface area (Å²) in [6.45, 7) is 4.66. The van der Waals surface area contributed by atoms with Gasteiger partial charge < -0.3 is 10.6 Å². The van der Waals surface area contributed by atoms with E-state index < -0.39 is 11.6 Å². The molecule has 2 nitrogen and oxygen atoms in total. The Morgan fingerprint density at radius 1 is 1.17 bits per heavy atom. The molecule has 1 aliphatic rings. The molecule has 3 atom stereocenters. The predicted molar refractivity (Wildman–Crippen MR) is 128 cm³/mol. The molecule has 0 bridgehead atoms. The third-order valence-electron chi connectivity index (χ3n) is 5.74. The molecule has 0 unspecified atom stereocenters. The van der Waals surface area contributed by atoms with E-state index in [4.69, 9.17) is 24.8 Å². The zero-order valence-corrected chi connectivity index (χ0v) is 19.3. The largest absolute Gasteiger partial charge is 0.376 e. The number of thiol groups is 1. The van der Waals surface area contributed by atoms with Gasteiger partial charge in [0.15, 0.2) is 0 Å². The summed E-state index contributed by atoms with van der Waals surface area (Å²) in [6, 6.07) is 10.6. The molecule has 0 heterocycles. The van der Waals surface area contributed by atoms with Crippen LogP contribution in [0.4, 0.5) is 8.78 Å². The van der Waals surface area contributed by atoms with Gasteiger partial charge in [0, 0.05) is 29.9 Å². The van der Waals surface area contributed by atoms with Crippen molar-refractivity contribution in [2.45, 2.75) is 63.3 Å². The second-order valence-corrected chi connectivity index (χ2v) is 9.37. The van der Waals surface area contributed by atoms with Gasteiger partial charge in [-0.1, -0.05) is 37.3 Å². The highest BCUT2D eigenvalue weighted by molar-refractivity contribution is 7.81. The second-order valence-electron chi connectivity index (χ2n) is 8.10. The van der Waals surface area contributed by atoms with Crippen molar-refractivity contribution in [1.82, 2.24) is 10.6 Å². The maximum atomic E-state index is 13.6. The van der Waals surface area contributed by atoms with Crippen LogP contribution >= 0.6 is 24.8 Å². The van der Waals surface area contributed by atoms with Gasteiger partial charge in [-0.05, 0) is 73.4 Å². The van der Waals surface area contributed by atoms with E-state index in [0.29, 0.717) is 29.6 Å². The Kier molecular flexibility index (Phi) is 8.26. The van der Waals surface area contributed by atoms with E-state index >= 15 is 0 Å². The molecule has 6 heteroatoms. The fourth-order valence-electron chi connectivity index (χ4n) is 4.21. The van der Waals surface area contributed by atoms with Crippen LogP contribution in [0.25, 0.3) is 0 Å². The topological polar surface area (TPSA) is 24.1 Å². The molecule has 0 aliphatic heterocycles. The number of halogens is 2. The van der Waals surface area contributed by atoms with Gasteiger partial charge in [0.25, 0.3) is 0 Å². The molecule has 3 rings (SSSR count). The lowest BCUT2D eigenvalue weighted by Crippen LogP contribution is -2.46. The zero-order valence-electron chi connectivity index (χ0n) is 17.6. The van der Waals surface area contributed by atoms with Gasteiger partial charge in [0.2, 0.25) is 0 Å². The van der Waals surface area contributed by atoms with Gasteiger partial charge in [-0.25, -0.2) is 8.78 Å². The third-order valence-corrected chi connectivity index (χ3v) is 6.40. The molecular formula is C24H30F2N2S2. The van der Waals surface area contributed by atoms with E-state index in [1.54, 1.807) is 0 Å². The highest BCUT2D eigenvalue weighted by Gasteiger charge is 2.24. The Balaban J connectivity index is 1.69. The molecule has 2 aromatic rings. The summed E-state index contributed by atoms with van der Waals surface area (Å²) in [5.41, 5.74) is 4.76. The highest BCUT2D eigenvalue weighted by Crippen LogP contribution is 2.31. The number of hydrogen-bond acceptors (Lipinski definition) is 3. The number of fused-ring (bicyclic) bond motifs is 1. The van der Waals surface area contributed by atoms with E-state index in [1.807, 2.05) is 6.92 Å². The average Bonchev–Trinajstić information content (AvgIpc) is 2.70. The normalized spacial score (nSPS) is 17.8. The lowest BCUT2D eigenvalue weighted by atomic mass is 9.86. The van der Waals surface area contributed by atoms with Gasteiger partial charge >= 0.3 is 0 Å². The van der Waals surface area contributed by atoms with Crippen molar-refractivity contribution in [3.63, 3.8) is 0 Å². The Labute approximate surface area is 189 Å². The first-order valence-corrected chi connectivity index (χ1v) is 11.5. The Hall–Kier alpha value is -1.50. The quantitative estimate of drug-likeness (QED) is 0.375. The Bertz CT molecular complexity index is 867. The summed E-state index contributed by atoms with van der Waals surface area (Å²) in [5, 5.41) is 6.87. The van der Waals surface area contributed by atoms with Crippen LogP contribution in [0.3, 0.4) is 0 Å². The molecule has 2 aromatic carbocycles. The monoisotopic (exact) mass is 448 g/mol. The number of thiocarbonyl (C=S) groups is 1. The van der Waals surface area contributed by atoms with Gasteiger partial charge in [-0.15, -0.1) is 0 Å². The summed E-state index contributed by atoms with van der Waals surface area (Å²) in [6.07, 6.45) is 4.86. The standard InChI is InChI=1S/C24H30F2N2S2/c1-3-16-7-8-18-5-4-6-22(21(18)11-16)27-14-24(30)23(28-15(2)29)12-17-9-19(25)13-20(26)10-17/h7-11,13,22-24,27,30H,3-6,12,14H2,1-2H3,(H,28,29)/t22-,23+,24-/m1/s1. The van der Waals surface area contributed by atoms with Crippen molar-refractivity contribution < 1.29 is 8.78 Å². The van der Waals surface area contributed by atoms with Crippen LogP contribution in [-0.2, 0) is 19.3 Å². The maximum Gasteiger partial charge on any atom is 0.126 e. The van der Waals surface area contributed by atoms with Gasteiger partial charge in [0.1, 0.15) is 11.6 Å². The molecule has 0 saturated heterocycles. The SMILES string of the molecule is CCc1ccc2c(c1)[C@H](NC[C@@H](S)[C@H](Cc1cc(F)cc(F)c1)NC(C)=S)CCC2. The average molecular weight is 449 g/mol. The van der Waals surface area contributed by atoms with E-state index in [1.165, 1.54) is 28.8 Å². The minimum absolute atomic E-state index is 0.0750. The number of benzene rings is 2. The molecule has 162 valence electrons. The number of rotatable bonds is 8. The van der Waals surface area contributed by atoms with Crippen LogP contribution in [0.15, 0.2) is 36.4 Å². The first kappa shape index (κ1) is 23.2. The molecule has 0 amide bonds. The maximum absolute atomic E-state index is 13.6. The molecule has 0 radical (unpaired) electrons. The fourth-order valence-corrected chi connectivity index (χ4v) is 4.65. The smallest absolute Gasteiger partial charge is 0.126 e. The molecule has 0 spiro atoms. The lowest BCUT2D eigenvalue weighted by Gasteiger charge is -2.31. The number of hydrogen-bond donors (Lipinski definition) is 3. The predicted octanol–water partition coefficient (Wildman–Crippen LogP) is 5.34. The van der Waals surface area contributed by atoms with Gasteiger partial charge in [-0.3, -0.25) is 0 Å². The molecule has 1 aliphatic carbocycles. The van der Waals surface area contributed by atoms with Crippen molar-refractivity contribution in [1.29, 1.82) is 0 Å².